The molecule has 0 radical (unpaired) electrons. The lowest BCUT2D eigenvalue weighted by molar-refractivity contribution is -0.140. The monoisotopic (exact) mass is 314 g/mol. The number of carbonyl (C=O) groups excluding carboxylic acids is 2. The Morgan fingerprint density at radius 2 is 1.90 bits per heavy atom. The molecule has 6 nitrogen and oxygen atoms in total. The number of fused-ring (bicyclic) bond motifs is 1. The summed E-state index contributed by atoms with van der Waals surface area (Å²) in [5, 5.41) is 7.03. The zero-order valence-corrected chi connectivity index (χ0v) is 14.1. The van der Waals surface area contributed by atoms with Gasteiger partial charge in [-0.1, -0.05) is 26.7 Å². The van der Waals surface area contributed by atoms with Gasteiger partial charge in [-0.25, -0.2) is 4.79 Å². The van der Waals surface area contributed by atoms with E-state index in [9.17, 15) is 9.59 Å². The van der Waals surface area contributed by atoms with E-state index >= 15 is 0 Å². The van der Waals surface area contributed by atoms with Gasteiger partial charge in [0.1, 0.15) is 0 Å². The van der Waals surface area contributed by atoms with Crippen molar-refractivity contribution in [1.82, 2.24) is 20.4 Å². The number of thioether (sulfide) groups is 1. The van der Waals surface area contributed by atoms with Crippen molar-refractivity contribution in [1.29, 1.82) is 0 Å². The van der Waals surface area contributed by atoms with Crippen LogP contribution in [0.1, 0.15) is 33.1 Å². The molecule has 0 aromatic rings. The summed E-state index contributed by atoms with van der Waals surface area (Å²) in [6.45, 7) is 4.26. The molecule has 0 spiro atoms. The molecule has 4 atom stereocenters. The molecule has 0 bridgehead atoms. The van der Waals surface area contributed by atoms with Crippen LogP contribution in [0.2, 0.25) is 0 Å². The van der Waals surface area contributed by atoms with E-state index in [1.165, 1.54) is 4.90 Å². The van der Waals surface area contributed by atoms with E-state index < -0.39 is 0 Å². The summed E-state index contributed by atoms with van der Waals surface area (Å²) in [5.41, 5.74) is 0. The van der Waals surface area contributed by atoms with Crippen molar-refractivity contribution in [2.75, 3.05) is 19.8 Å². The summed E-state index contributed by atoms with van der Waals surface area (Å²) in [7, 11) is 3.33. The van der Waals surface area contributed by atoms with Gasteiger partial charge in [0.15, 0.2) is 0 Å². The van der Waals surface area contributed by atoms with Gasteiger partial charge in [-0.15, -0.1) is 11.8 Å². The zero-order chi connectivity index (χ0) is 15.6. The molecule has 2 aliphatic rings. The summed E-state index contributed by atoms with van der Waals surface area (Å²) in [6, 6.07) is -0.231. The lowest BCUT2D eigenvalue weighted by atomic mass is 9.96. The molecule has 2 rings (SSSR count). The third-order valence-corrected chi connectivity index (χ3v) is 5.34. The highest BCUT2D eigenvalue weighted by Gasteiger charge is 2.50. The number of hydrogen-bond acceptors (Lipinski definition) is 5. The molecule has 3 amide bonds. The molecule has 21 heavy (non-hydrogen) atoms. The highest BCUT2D eigenvalue weighted by atomic mass is 32.2. The van der Waals surface area contributed by atoms with Crippen LogP contribution in [0.15, 0.2) is 0 Å². The van der Waals surface area contributed by atoms with Gasteiger partial charge >= 0.3 is 6.03 Å². The summed E-state index contributed by atoms with van der Waals surface area (Å²) in [6.07, 6.45) is 3.20. The average molecular weight is 314 g/mol. The van der Waals surface area contributed by atoms with Crippen molar-refractivity contribution in [2.45, 2.75) is 50.8 Å². The summed E-state index contributed by atoms with van der Waals surface area (Å²) in [5.74, 6) is 0.610. The Kier molecular flexibility index (Phi) is 5.51. The Morgan fingerprint density at radius 3 is 2.52 bits per heavy atom. The molecule has 0 aliphatic carbocycles. The third kappa shape index (κ3) is 3.19. The van der Waals surface area contributed by atoms with Crippen LogP contribution in [0.3, 0.4) is 0 Å². The van der Waals surface area contributed by atoms with Crippen LogP contribution in [0.5, 0.6) is 0 Å². The van der Waals surface area contributed by atoms with Crippen molar-refractivity contribution < 1.29 is 9.59 Å². The van der Waals surface area contributed by atoms with Gasteiger partial charge in [0.05, 0.1) is 23.6 Å². The van der Waals surface area contributed by atoms with Gasteiger partial charge in [-0.3, -0.25) is 20.3 Å². The van der Waals surface area contributed by atoms with Gasteiger partial charge in [-0.05, 0) is 12.2 Å². The van der Waals surface area contributed by atoms with Gasteiger partial charge in [0.25, 0.3) is 0 Å². The Morgan fingerprint density at radius 1 is 1.19 bits per heavy atom. The molecule has 120 valence electrons. The molecule has 4 unspecified atom stereocenters. The molecular formula is C14H26N4O2S. The molecule has 2 fully saturated rings. The van der Waals surface area contributed by atoms with Crippen molar-refractivity contribution in [2.24, 2.45) is 5.92 Å². The number of nitrogens with one attached hydrogen (secondary N) is 2. The minimum atomic E-state index is -0.236. The largest absolute Gasteiger partial charge is 0.327 e. The van der Waals surface area contributed by atoms with Gasteiger partial charge in [0.2, 0.25) is 5.91 Å². The number of unbranched alkanes of at least 4 members (excludes halogenated alkanes) is 1. The average Bonchev–Trinajstić information content (AvgIpc) is 2.48. The first-order chi connectivity index (χ1) is 10.0. The van der Waals surface area contributed by atoms with Crippen molar-refractivity contribution in [3.05, 3.63) is 0 Å². The normalized spacial score (nSPS) is 33.3. The molecule has 2 N–H and O–H groups in total. The lowest BCUT2D eigenvalue weighted by Gasteiger charge is -2.50. The highest BCUT2D eigenvalue weighted by molar-refractivity contribution is 7.99. The standard InChI is InChI=1S/C14H26N4O2S/c1-5-7-8-9-15-11-10(12(16-9)21-6-2)13(19)18(4)14(20)17(11)3/h9-12,15-16H,5-8H2,1-4H3. The van der Waals surface area contributed by atoms with Gasteiger partial charge in [0, 0.05) is 14.1 Å². The number of carbonyl (C=O) groups is 2. The molecule has 7 heteroatoms. The molecule has 0 aromatic carbocycles. The molecular weight excluding hydrogens is 288 g/mol. The predicted molar refractivity (Wildman–Crippen MR) is 84.7 cm³/mol. The predicted octanol–water partition coefficient (Wildman–Crippen LogP) is 1.24. The minimum Gasteiger partial charge on any atom is -0.311 e. The van der Waals surface area contributed by atoms with E-state index in [1.807, 2.05) is 0 Å². The Balaban J connectivity index is 2.20. The van der Waals surface area contributed by atoms with E-state index in [4.69, 9.17) is 0 Å². The first-order valence-corrected chi connectivity index (χ1v) is 8.74. The highest BCUT2D eigenvalue weighted by Crippen LogP contribution is 2.31. The summed E-state index contributed by atoms with van der Waals surface area (Å²) >= 11 is 1.75. The maximum absolute atomic E-state index is 12.5. The van der Waals surface area contributed by atoms with E-state index in [2.05, 4.69) is 24.5 Å². The molecule has 0 saturated carbocycles. The Labute approximate surface area is 131 Å². The van der Waals surface area contributed by atoms with E-state index in [1.54, 1.807) is 30.8 Å². The number of nitrogens with zero attached hydrogens (tertiary/aromatic N) is 2. The Bertz CT molecular complexity index is 406. The van der Waals surface area contributed by atoms with Gasteiger partial charge in [-0.2, -0.15) is 0 Å². The van der Waals surface area contributed by atoms with Crippen molar-refractivity contribution in [3.63, 3.8) is 0 Å². The molecule has 2 heterocycles. The number of hydrogen-bond donors (Lipinski definition) is 2. The zero-order valence-electron chi connectivity index (χ0n) is 13.3. The second-order valence-corrected chi connectivity index (χ2v) is 7.08. The SMILES string of the molecule is CCCCC1NC(SCC)C2C(=O)N(C)C(=O)N(C)C2N1. The van der Waals surface area contributed by atoms with Crippen LogP contribution in [-0.4, -0.2) is 59.3 Å². The maximum Gasteiger partial charge on any atom is 0.327 e. The Hall–Kier alpha value is -0.790. The fourth-order valence-electron chi connectivity index (χ4n) is 3.02. The second kappa shape index (κ2) is 6.98. The van der Waals surface area contributed by atoms with Crippen molar-refractivity contribution >= 4 is 23.7 Å². The number of amides is 3. The number of rotatable bonds is 5. The summed E-state index contributed by atoms with van der Waals surface area (Å²) in [4.78, 5) is 27.5. The third-order valence-electron chi connectivity index (χ3n) is 4.22. The van der Waals surface area contributed by atoms with Crippen molar-refractivity contribution in [3.8, 4) is 0 Å². The number of imide groups is 1. The maximum atomic E-state index is 12.5. The first kappa shape index (κ1) is 16.6. The molecule has 2 aliphatic heterocycles. The topological polar surface area (TPSA) is 64.7 Å². The van der Waals surface area contributed by atoms with Crippen LogP contribution in [0, 0.1) is 5.92 Å². The van der Waals surface area contributed by atoms with Crippen LogP contribution in [-0.2, 0) is 4.79 Å². The fourth-order valence-corrected chi connectivity index (χ4v) is 4.11. The van der Waals surface area contributed by atoms with E-state index in [-0.39, 0.29) is 35.6 Å². The van der Waals surface area contributed by atoms with E-state index in [0.717, 1.165) is 25.0 Å². The van der Waals surface area contributed by atoms with Gasteiger partial charge < -0.3 is 4.90 Å². The smallest absolute Gasteiger partial charge is 0.311 e. The quantitative estimate of drug-likeness (QED) is 0.799. The lowest BCUT2D eigenvalue weighted by Crippen LogP contribution is -2.74. The minimum absolute atomic E-state index is 0.0496. The molecule has 2 saturated heterocycles. The van der Waals surface area contributed by atoms with Crippen LogP contribution in [0.25, 0.3) is 0 Å². The first-order valence-electron chi connectivity index (χ1n) is 7.69. The fraction of sp³-hybridized carbons (Fsp3) is 0.857. The summed E-state index contributed by atoms with van der Waals surface area (Å²) < 4.78 is 0. The number of urea groups is 1. The van der Waals surface area contributed by atoms with Crippen LogP contribution in [0.4, 0.5) is 4.79 Å². The molecule has 0 aromatic heterocycles. The van der Waals surface area contributed by atoms with Crippen LogP contribution < -0.4 is 10.6 Å². The van der Waals surface area contributed by atoms with E-state index in [0.29, 0.717) is 0 Å². The second-order valence-electron chi connectivity index (χ2n) is 5.67. The van der Waals surface area contributed by atoms with Crippen LogP contribution >= 0.6 is 11.8 Å².